The van der Waals surface area contributed by atoms with Crippen LogP contribution in [0.25, 0.3) is 0 Å². The van der Waals surface area contributed by atoms with Gasteiger partial charge in [-0.25, -0.2) is 0 Å². The van der Waals surface area contributed by atoms with E-state index in [1.807, 2.05) is 0 Å². The second-order valence-corrected chi connectivity index (χ2v) is 8.06. The molecule has 3 aromatic carbocycles. The fourth-order valence-electron chi connectivity index (χ4n) is 2.90. The summed E-state index contributed by atoms with van der Waals surface area (Å²) in [7, 11) is -1.21. The lowest BCUT2D eigenvalue weighted by Crippen LogP contribution is -2.18. The van der Waals surface area contributed by atoms with Crippen LogP contribution >= 0.6 is 0 Å². The first kappa shape index (κ1) is 20.3. The Morgan fingerprint density at radius 2 is 1.11 bits per heavy atom. The van der Waals surface area contributed by atoms with Gasteiger partial charge in [0.1, 0.15) is 16.5 Å². The fraction of sp³-hybridized carbons (Fsp3) is 0.143. The summed E-state index contributed by atoms with van der Waals surface area (Å²) in [6, 6.07) is 18.0. The fourth-order valence-corrected chi connectivity index (χ4v) is 5.28. The number of rotatable bonds is 3. The molecular weight excluding hydrogens is 398 g/mol. The van der Waals surface area contributed by atoms with Gasteiger partial charge in [-0.2, -0.15) is 26.3 Å². The quantitative estimate of drug-likeness (QED) is 0.317. The van der Waals surface area contributed by atoms with E-state index in [1.165, 1.54) is 6.92 Å². The molecule has 3 aromatic rings. The van der Waals surface area contributed by atoms with Crippen molar-refractivity contribution in [1.82, 2.24) is 0 Å². The summed E-state index contributed by atoms with van der Waals surface area (Å²) in [5.74, 6) is 0. The Morgan fingerprint density at radius 1 is 0.643 bits per heavy atom. The van der Waals surface area contributed by atoms with E-state index in [0.29, 0.717) is 9.79 Å². The molecule has 0 nitrogen and oxygen atoms in total. The highest BCUT2D eigenvalue weighted by molar-refractivity contribution is 7.97. The van der Waals surface area contributed by atoms with E-state index in [4.69, 9.17) is 0 Å². The van der Waals surface area contributed by atoms with E-state index in [-0.39, 0.29) is 16.5 Å². The molecule has 0 amide bonds. The van der Waals surface area contributed by atoms with Crippen molar-refractivity contribution in [3.05, 3.63) is 89.5 Å². The minimum atomic E-state index is -4.92. The first-order chi connectivity index (χ1) is 13.1. The van der Waals surface area contributed by atoms with Crippen LogP contribution in [0.5, 0.6) is 0 Å². The standard InChI is InChI=1S/C21H15F6S/c1-14-12-15(20(22,23)24)13-18(21(25,26)27)19(14)28(16-8-4-2-5-9-16)17-10-6-3-7-11-17/h2-13H,1H3/q+1. The maximum Gasteiger partial charge on any atom is 0.421 e. The molecule has 0 fully saturated rings. The van der Waals surface area contributed by atoms with E-state index in [9.17, 15) is 26.3 Å². The van der Waals surface area contributed by atoms with E-state index in [0.717, 1.165) is 6.07 Å². The summed E-state index contributed by atoms with van der Waals surface area (Å²) in [4.78, 5) is 1.06. The summed E-state index contributed by atoms with van der Waals surface area (Å²) in [5.41, 5.74) is -2.60. The Labute approximate surface area is 161 Å². The Hall–Kier alpha value is -2.41. The average molecular weight is 413 g/mol. The predicted octanol–water partition coefficient (Wildman–Crippen LogP) is 7.13. The van der Waals surface area contributed by atoms with E-state index < -0.39 is 34.4 Å². The van der Waals surface area contributed by atoms with Crippen molar-refractivity contribution >= 4 is 10.9 Å². The average Bonchev–Trinajstić information content (AvgIpc) is 2.63. The van der Waals surface area contributed by atoms with Crippen LogP contribution in [0.4, 0.5) is 26.3 Å². The van der Waals surface area contributed by atoms with Crippen LogP contribution in [0.2, 0.25) is 0 Å². The molecule has 0 radical (unpaired) electrons. The third-order valence-corrected chi connectivity index (χ3v) is 6.51. The topological polar surface area (TPSA) is 0 Å². The van der Waals surface area contributed by atoms with Gasteiger partial charge in [0.25, 0.3) is 0 Å². The minimum Gasteiger partial charge on any atom is -0.166 e. The van der Waals surface area contributed by atoms with Crippen LogP contribution in [-0.2, 0) is 23.2 Å². The number of aryl methyl sites for hydroxylation is 1. The van der Waals surface area contributed by atoms with Gasteiger partial charge in [-0.15, -0.1) is 0 Å². The van der Waals surface area contributed by atoms with Gasteiger partial charge >= 0.3 is 12.4 Å². The summed E-state index contributed by atoms with van der Waals surface area (Å²) < 4.78 is 80.9. The molecule has 0 bridgehead atoms. The molecule has 0 aliphatic carbocycles. The molecule has 28 heavy (non-hydrogen) atoms. The first-order valence-corrected chi connectivity index (χ1v) is 9.45. The van der Waals surface area contributed by atoms with E-state index in [2.05, 4.69) is 0 Å². The molecule has 0 spiro atoms. The van der Waals surface area contributed by atoms with Crippen molar-refractivity contribution in [2.24, 2.45) is 0 Å². The van der Waals surface area contributed by atoms with E-state index in [1.54, 1.807) is 60.7 Å². The van der Waals surface area contributed by atoms with Crippen molar-refractivity contribution in [1.29, 1.82) is 0 Å². The van der Waals surface area contributed by atoms with Crippen LogP contribution in [0.1, 0.15) is 16.7 Å². The SMILES string of the molecule is Cc1cc(C(F)(F)F)cc(C(F)(F)F)c1[S+](c1ccccc1)c1ccccc1. The lowest BCUT2D eigenvalue weighted by molar-refractivity contribution is -0.144. The van der Waals surface area contributed by atoms with Gasteiger partial charge < -0.3 is 0 Å². The van der Waals surface area contributed by atoms with Crippen molar-refractivity contribution < 1.29 is 26.3 Å². The maximum atomic E-state index is 13.8. The molecule has 0 aliphatic rings. The molecular formula is C21H15F6S+. The van der Waals surface area contributed by atoms with Gasteiger partial charge in [-0.05, 0) is 43.3 Å². The molecule has 0 saturated carbocycles. The molecule has 7 heteroatoms. The third-order valence-electron chi connectivity index (χ3n) is 4.07. The van der Waals surface area contributed by atoms with Crippen LogP contribution in [0, 0.1) is 6.92 Å². The smallest absolute Gasteiger partial charge is 0.166 e. The zero-order valence-electron chi connectivity index (χ0n) is 14.6. The van der Waals surface area contributed by atoms with Crippen LogP contribution in [0.3, 0.4) is 0 Å². The molecule has 0 atom stereocenters. The lowest BCUT2D eigenvalue weighted by atomic mass is 10.1. The maximum absolute atomic E-state index is 13.8. The van der Waals surface area contributed by atoms with Crippen LogP contribution < -0.4 is 0 Å². The third kappa shape index (κ3) is 4.19. The van der Waals surface area contributed by atoms with E-state index >= 15 is 0 Å². The zero-order valence-corrected chi connectivity index (χ0v) is 15.4. The molecule has 0 aromatic heterocycles. The van der Waals surface area contributed by atoms with Gasteiger partial charge in [0.15, 0.2) is 14.7 Å². The first-order valence-electron chi connectivity index (χ1n) is 8.22. The number of hydrogen-bond acceptors (Lipinski definition) is 0. The van der Waals surface area contributed by atoms with Crippen molar-refractivity contribution in [3.63, 3.8) is 0 Å². The van der Waals surface area contributed by atoms with Crippen LogP contribution in [-0.4, -0.2) is 0 Å². The zero-order chi connectivity index (χ0) is 20.5. The number of alkyl halides is 6. The normalized spacial score (nSPS) is 12.4. The summed E-state index contributed by atoms with van der Waals surface area (Å²) in [6.45, 7) is 1.30. The monoisotopic (exact) mass is 413 g/mol. The molecule has 0 saturated heterocycles. The molecule has 0 heterocycles. The molecule has 146 valence electrons. The number of benzene rings is 3. The van der Waals surface area contributed by atoms with Gasteiger partial charge in [-0.3, -0.25) is 0 Å². The number of hydrogen-bond donors (Lipinski definition) is 0. The summed E-state index contributed by atoms with van der Waals surface area (Å²) in [6.07, 6.45) is -9.78. The molecule has 0 N–H and O–H groups in total. The van der Waals surface area contributed by atoms with Crippen LogP contribution in [0.15, 0.2) is 87.5 Å². The predicted molar refractivity (Wildman–Crippen MR) is 96.2 cm³/mol. The van der Waals surface area contributed by atoms with Crippen molar-refractivity contribution in [3.8, 4) is 0 Å². The Morgan fingerprint density at radius 3 is 1.50 bits per heavy atom. The van der Waals surface area contributed by atoms with Gasteiger partial charge in [0.2, 0.25) is 0 Å². The van der Waals surface area contributed by atoms with Gasteiger partial charge in [0, 0.05) is 5.56 Å². The second kappa shape index (κ2) is 7.54. The summed E-state index contributed by atoms with van der Waals surface area (Å²) in [5, 5.41) is 0. The molecule has 0 unspecified atom stereocenters. The van der Waals surface area contributed by atoms with Crippen molar-refractivity contribution in [2.75, 3.05) is 0 Å². The molecule has 0 aliphatic heterocycles. The largest absolute Gasteiger partial charge is 0.421 e. The second-order valence-electron chi connectivity index (χ2n) is 6.10. The lowest BCUT2D eigenvalue weighted by Gasteiger charge is -2.18. The highest BCUT2D eigenvalue weighted by Crippen LogP contribution is 2.44. The Bertz CT molecular complexity index is 907. The minimum absolute atomic E-state index is 0.0433. The Kier molecular flexibility index (Phi) is 5.48. The highest BCUT2D eigenvalue weighted by Gasteiger charge is 2.45. The summed E-state index contributed by atoms with van der Waals surface area (Å²) >= 11 is 0. The Balaban J connectivity index is 2.34. The number of halogens is 6. The van der Waals surface area contributed by atoms with Gasteiger partial charge in [0.05, 0.1) is 5.56 Å². The molecule has 3 rings (SSSR count). The van der Waals surface area contributed by atoms with Gasteiger partial charge in [-0.1, -0.05) is 36.4 Å². The van der Waals surface area contributed by atoms with Crippen molar-refractivity contribution in [2.45, 2.75) is 34.0 Å². The highest BCUT2D eigenvalue weighted by atomic mass is 32.2.